The van der Waals surface area contributed by atoms with E-state index in [1.807, 2.05) is 13.8 Å². The molecule has 2 aromatic rings. The van der Waals surface area contributed by atoms with Gasteiger partial charge in [-0.25, -0.2) is 8.78 Å². The van der Waals surface area contributed by atoms with Crippen LogP contribution in [0.25, 0.3) is 0 Å². The molecule has 1 heterocycles. The van der Waals surface area contributed by atoms with Crippen LogP contribution in [-0.4, -0.2) is 15.6 Å². The predicted molar refractivity (Wildman–Crippen MR) is 71.7 cm³/mol. The molecule has 106 valence electrons. The first-order chi connectivity index (χ1) is 9.56. The number of ketones is 1. The Labute approximate surface area is 116 Å². The average molecular weight is 278 g/mol. The molecule has 0 saturated heterocycles. The van der Waals surface area contributed by atoms with Crippen molar-refractivity contribution in [1.82, 2.24) is 9.78 Å². The molecule has 0 unspecified atom stereocenters. The third-order valence-electron chi connectivity index (χ3n) is 3.16. The highest BCUT2D eigenvalue weighted by molar-refractivity contribution is 5.97. The van der Waals surface area contributed by atoms with Crippen LogP contribution in [0.3, 0.4) is 0 Å². The molecule has 0 fully saturated rings. The van der Waals surface area contributed by atoms with Crippen LogP contribution in [0.5, 0.6) is 0 Å². The number of Topliss-reactive ketones (excluding diaryl/α,β-unsaturated/α-hetero) is 1. The molecule has 3 nitrogen and oxygen atoms in total. The van der Waals surface area contributed by atoms with Gasteiger partial charge in [-0.3, -0.25) is 9.48 Å². The van der Waals surface area contributed by atoms with E-state index in [4.69, 9.17) is 0 Å². The largest absolute Gasteiger partial charge is 0.294 e. The van der Waals surface area contributed by atoms with Crippen molar-refractivity contribution in [3.63, 3.8) is 0 Å². The summed E-state index contributed by atoms with van der Waals surface area (Å²) in [4.78, 5) is 12.1. The van der Waals surface area contributed by atoms with E-state index in [0.717, 1.165) is 24.2 Å². The Morgan fingerprint density at radius 1 is 1.25 bits per heavy atom. The molecule has 1 aromatic carbocycles. The fourth-order valence-electron chi connectivity index (χ4n) is 2.12. The van der Waals surface area contributed by atoms with Crippen LogP contribution in [0.1, 0.15) is 35.6 Å². The molecule has 0 amide bonds. The van der Waals surface area contributed by atoms with Gasteiger partial charge in [-0.1, -0.05) is 13.0 Å². The van der Waals surface area contributed by atoms with Crippen molar-refractivity contribution in [3.05, 3.63) is 52.9 Å². The number of aryl methyl sites for hydroxylation is 2. The summed E-state index contributed by atoms with van der Waals surface area (Å²) in [5, 5.41) is 4.32. The lowest BCUT2D eigenvalue weighted by atomic mass is 10.0. The quantitative estimate of drug-likeness (QED) is 0.787. The Bertz CT molecular complexity index is 615. The number of halogens is 2. The minimum absolute atomic E-state index is 0.0569. The van der Waals surface area contributed by atoms with Crippen LogP contribution in [0.2, 0.25) is 0 Å². The molecule has 0 bridgehead atoms. The Morgan fingerprint density at radius 3 is 2.45 bits per heavy atom. The van der Waals surface area contributed by atoms with Gasteiger partial charge in [0.15, 0.2) is 5.78 Å². The first-order valence-corrected chi connectivity index (χ1v) is 6.59. The molecule has 0 atom stereocenters. The van der Waals surface area contributed by atoms with E-state index in [1.165, 1.54) is 6.07 Å². The highest BCUT2D eigenvalue weighted by atomic mass is 19.1. The molecular weight excluding hydrogens is 262 g/mol. The SMILES string of the molecule is CCc1cc(CC(=O)c2c(F)cccc2F)n(CC)n1. The maximum Gasteiger partial charge on any atom is 0.174 e. The van der Waals surface area contributed by atoms with Gasteiger partial charge < -0.3 is 0 Å². The number of benzene rings is 1. The summed E-state index contributed by atoms with van der Waals surface area (Å²) < 4.78 is 28.8. The molecule has 0 radical (unpaired) electrons. The average Bonchev–Trinajstić information content (AvgIpc) is 2.80. The summed E-state index contributed by atoms with van der Waals surface area (Å²) in [7, 11) is 0. The Kier molecular flexibility index (Phi) is 4.27. The maximum absolute atomic E-state index is 13.6. The summed E-state index contributed by atoms with van der Waals surface area (Å²) in [5.74, 6) is -2.22. The van der Waals surface area contributed by atoms with Crippen LogP contribution in [0, 0.1) is 11.6 Å². The normalized spacial score (nSPS) is 10.8. The van der Waals surface area contributed by atoms with Gasteiger partial charge in [-0.05, 0) is 31.5 Å². The molecule has 0 N–H and O–H groups in total. The fourth-order valence-corrected chi connectivity index (χ4v) is 2.12. The lowest BCUT2D eigenvalue weighted by molar-refractivity contribution is 0.0982. The Hall–Kier alpha value is -2.04. The Balaban J connectivity index is 2.30. The molecule has 0 aliphatic heterocycles. The first-order valence-electron chi connectivity index (χ1n) is 6.59. The smallest absolute Gasteiger partial charge is 0.174 e. The van der Waals surface area contributed by atoms with Crippen LogP contribution >= 0.6 is 0 Å². The van der Waals surface area contributed by atoms with E-state index < -0.39 is 23.0 Å². The molecule has 2 rings (SSSR count). The number of aromatic nitrogens is 2. The zero-order valence-corrected chi connectivity index (χ0v) is 11.5. The van der Waals surface area contributed by atoms with E-state index in [-0.39, 0.29) is 6.42 Å². The number of carbonyl (C=O) groups excluding carboxylic acids is 1. The second-order valence-electron chi connectivity index (χ2n) is 4.49. The minimum Gasteiger partial charge on any atom is -0.294 e. The van der Waals surface area contributed by atoms with Gasteiger partial charge in [0.2, 0.25) is 0 Å². The van der Waals surface area contributed by atoms with Gasteiger partial charge in [0, 0.05) is 12.2 Å². The lowest BCUT2D eigenvalue weighted by Crippen LogP contribution is -2.12. The van der Waals surface area contributed by atoms with E-state index in [2.05, 4.69) is 5.10 Å². The second kappa shape index (κ2) is 5.94. The topological polar surface area (TPSA) is 34.9 Å². The number of carbonyl (C=O) groups is 1. The summed E-state index contributed by atoms with van der Waals surface area (Å²) in [6, 6.07) is 5.23. The number of nitrogens with zero attached hydrogens (tertiary/aromatic N) is 2. The fraction of sp³-hybridized carbons (Fsp3) is 0.333. The maximum atomic E-state index is 13.6. The van der Waals surface area contributed by atoms with Crippen molar-refractivity contribution in [1.29, 1.82) is 0 Å². The number of hydrogen-bond acceptors (Lipinski definition) is 2. The second-order valence-corrected chi connectivity index (χ2v) is 4.49. The van der Waals surface area contributed by atoms with Crippen molar-refractivity contribution in [2.24, 2.45) is 0 Å². The molecule has 0 aliphatic carbocycles. The van der Waals surface area contributed by atoms with Gasteiger partial charge in [0.05, 0.1) is 17.7 Å². The number of rotatable bonds is 5. The molecular formula is C15H16F2N2O. The van der Waals surface area contributed by atoms with E-state index in [1.54, 1.807) is 10.7 Å². The third kappa shape index (κ3) is 2.76. The third-order valence-corrected chi connectivity index (χ3v) is 3.16. The summed E-state index contributed by atoms with van der Waals surface area (Å²) in [5.41, 5.74) is 1.06. The van der Waals surface area contributed by atoms with Crippen molar-refractivity contribution < 1.29 is 13.6 Å². The summed E-state index contributed by atoms with van der Waals surface area (Å²) in [6.07, 6.45) is 0.695. The van der Waals surface area contributed by atoms with Crippen molar-refractivity contribution in [2.75, 3.05) is 0 Å². The van der Waals surface area contributed by atoms with Crippen LogP contribution < -0.4 is 0 Å². The van der Waals surface area contributed by atoms with Gasteiger partial charge in [-0.15, -0.1) is 0 Å². The van der Waals surface area contributed by atoms with E-state index >= 15 is 0 Å². The molecule has 0 spiro atoms. The van der Waals surface area contributed by atoms with E-state index in [9.17, 15) is 13.6 Å². The van der Waals surface area contributed by atoms with Crippen LogP contribution in [0.15, 0.2) is 24.3 Å². The molecule has 0 aliphatic rings. The van der Waals surface area contributed by atoms with Gasteiger partial charge in [-0.2, -0.15) is 5.10 Å². The minimum atomic E-state index is -0.826. The van der Waals surface area contributed by atoms with Gasteiger partial charge in [0.25, 0.3) is 0 Å². The first kappa shape index (κ1) is 14.4. The van der Waals surface area contributed by atoms with Crippen molar-refractivity contribution >= 4 is 5.78 Å². The monoisotopic (exact) mass is 278 g/mol. The molecule has 20 heavy (non-hydrogen) atoms. The predicted octanol–water partition coefficient (Wildman–Crippen LogP) is 3.17. The van der Waals surface area contributed by atoms with E-state index in [0.29, 0.717) is 12.2 Å². The molecule has 5 heteroatoms. The zero-order valence-electron chi connectivity index (χ0n) is 11.5. The summed E-state index contributed by atoms with van der Waals surface area (Å²) in [6.45, 7) is 4.48. The Morgan fingerprint density at radius 2 is 1.90 bits per heavy atom. The highest BCUT2D eigenvalue weighted by Gasteiger charge is 2.19. The number of hydrogen-bond donors (Lipinski definition) is 0. The summed E-state index contributed by atoms with van der Waals surface area (Å²) >= 11 is 0. The van der Waals surface area contributed by atoms with Gasteiger partial charge >= 0.3 is 0 Å². The van der Waals surface area contributed by atoms with Gasteiger partial charge in [0.1, 0.15) is 11.6 Å². The highest BCUT2D eigenvalue weighted by Crippen LogP contribution is 2.16. The lowest BCUT2D eigenvalue weighted by Gasteiger charge is -2.06. The zero-order chi connectivity index (χ0) is 14.7. The standard InChI is InChI=1S/C15H16F2N2O/c1-3-10-8-11(19(4-2)18-10)9-14(20)15-12(16)6-5-7-13(15)17/h5-8H,3-4,9H2,1-2H3. The molecule has 0 saturated carbocycles. The molecule has 1 aromatic heterocycles. The van der Waals surface area contributed by atoms with Crippen molar-refractivity contribution in [2.45, 2.75) is 33.2 Å². The van der Waals surface area contributed by atoms with Crippen LogP contribution in [0.4, 0.5) is 8.78 Å². The van der Waals surface area contributed by atoms with Crippen LogP contribution in [-0.2, 0) is 19.4 Å². The van der Waals surface area contributed by atoms with Crippen molar-refractivity contribution in [3.8, 4) is 0 Å².